The molecule has 8 nitrogen and oxygen atoms in total. The molecule has 0 radical (unpaired) electrons. The van der Waals surface area contributed by atoms with Crippen LogP contribution in [0.1, 0.15) is 6.92 Å². The Morgan fingerprint density at radius 2 is 1.93 bits per heavy atom. The lowest BCUT2D eigenvalue weighted by Crippen LogP contribution is -2.30. The van der Waals surface area contributed by atoms with Gasteiger partial charge in [-0.25, -0.2) is 0 Å². The van der Waals surface area contributed by atoms with E-state index in [1.807, 2.05) is 30.3 Å². The van der Waals surface area contributed by atoms with Crippen LogP contribution in [0.15, 0.2) is 53.4 Å². The summed E-state index contributed by atoms with van der Waals surface area (Å²) in [4.78, 5) is 35.3. The van der Waals surface area contributed by atoms with Gasteiger partial charge in [0.15, 0.2) is 6.10 Å². The lowest BCUT2D eigenvalue weighted by atomic mass is 10.2. The zero-order valence-corrected chi connectivity index (χ0v) is 15.5. The second-order valence-corrected chi connectivity index (χ2v) is 6.41. The number of nitrogens with zero attached hydrogens (tertiary/aromatic N) is 1. The summed E-state index contributed by atoms with van der Waals surface area (Å²) >= 11 is 1.31. The third-order valence-electron chi connectivity index (χ3n) is 3.43. The fourth-order valence-corrected chi connectivity index (χ4v) is 2.78. The monoisotopic (exact) mass is 390 g/mol. The van der Waals surface area contributed by atoms with Gasteiger partial charge in [-0.05, 0) is 25.1 Å². The van der Waals surface area contributed by atoms with Crippen molar-refractivity contribution in [1.29, 1.82) is 0 Å². The van der Waals surface area contributed by atoms with E-state index in [9.17, 15) is 19.7 Å². The molecule has 1 amide bonds. The van der Waals surface area contributed by atoms with E-state index in [0.29, 0.717) is 0 Å². The number of benzene rings is 2. The summed E-state index contributed by atoms with van der Waals surface area (Å²) < 4.78 is 10.2. The normalized spacial score (nSPS) is 11.3. The van der Waals surface area contributed by atoms with Crippen LogP contribution in [0, 0.1) is 10.1 Å². The summed E-state index contributed by atoms with van der Waals surface area (Å²) in [6.07, 6.45) is -1.03. The number of ether oxygens (including phenoxy) is 2. The Labute approximate surface area is 160 Å². The molecule has 0 fully saturated rings. The van der Waals surface area contributed by atoms with Crippen molar-refractivity contribution >= 4 is 35.0 Å². The highest BCUT2D eigenvalue weighted by Crippen LogP contribution is 2.29. The minimum absolute atomic E-state index is 0.0719. The lowest BCUT2D eigenvalue weighted by molar-refractivity contribution is -0.384. The predicted octanol–water partition coefficient (Wildman–Crippen LogP) is 3.27. The predicted molar refractivity (Wildman–Crippen MR) is 101 cm³/mol. The second kappa shape index (κ2) is 9.58. The largest absolute Gasteiger partial charge is 0.494 e. The Bertz CT molecular complexity index is 828. The van der Waals surface area contributed by atoms with E-state index in [1.165, 1.54) is 44.0 Å². The van der Waals surface area contributed by atoms with Gasteiger partial charge in [0, 0.05) is 11.0 Å². The van der Waals surface area contributed by atoms with E-state index in [-0.39, 0.29) is 22.9 Å². The summed E-state index contributed by atoms with van der Waals surface area (Å²) in [5.74, 6) is -0.888. The number of hydrogen-bond donors (Lipinski definition) is 1. The Morgan fingerprint density at radius 3 is 2.56 bits per heavy atom. The van der Waals surface area contributed by atoms with Crippen LogP contribution in [-0.4, -0.2) is 35.8 Å². The van der Waals surface area contributed by atoms with Gasteiger partial charge in [0.2, 0.25) is 0 Å². The minimum Gasteiger partial charge on any atom is -0.494 e. The molecule has 0 saturated heterocycles. The molecule has 0 aliphatic carbocycles. The van der Waals surface area contributed by atoms with Gasteiger partial charge in [-0.3, -0.25) is 19.7 Å². The average molecular weight is 390 g/mol. The first-order valence-electron chi connectivity index (χ1n) is 7.91. The summed E-state index contributed by atoms with van der Waals surface area (Å²) in [6, 6.07) is 13.1. The number of rotatable bonds is 8. The van der Waals surface area contributed by atoms with Crippen molar-refractivity contribution < 1.29 is 24.0 Å². The van der Waals surface area contributed by atoms with E-state index >= 15 is 0 Å². The molecule has 142 valence electrons. The van der Waals surface area contributed by atoms with Gasteiger partial charge in [-0.15, -0.1) is 11.8 Å². The van der Waals surface area contributed by atoms with Crippen molar-refractivity contribution in [3.8, 4) is 5.75 Å². The van der Waals surface area contributed by atoms with Crippen LogP contribution in [0.2, 0.25) is 0 Å². The van der Waals surface area contributed by atoms with Gasteiger partial charge in [-0.2, -0.15) is 0 Å². The Morgan fingerprint density at radius 1 is 1.22 bits per heavy atom. The Hall–Kier alpha value is -3.07. The molecule has 0 aliphatic heterocycles. The Balaban J connectivity index is 1.91. The molecule has 27 heavy (non-hydrogen) atoms. The van der Waals surface area contributed by atoms with Crippen LogP contribution < -0.4 is 10.1 Å². The highest BCUT2D eigenvalue weighted by Gasteiger charge is 2.20. The lowest BCUT2D eigenvalue weighted by Gasteiger charge is -2.15. The molecule has 2 rings (SSSR count). The number of carbonyl (C=O) groups excluding carboxylic acids is 2. The molecule has 0 aliphatic rings. The zero-order valence-electron chi connectivity index (χ0n) is 14.7. The number of nitro benzene ring substituents is 1. The van der Waals surface area contributed by atoms with Crippen molar-refractivity contribution in [3.63, 3.8) is 0 Å². The highest BCUT2D eigenvalue weighted by molar-refractivity contribution is 8.00. The second-order valence-electron chi connectivity index (χ2n) is 5.36. The van der Waals surface area contributed by atoms with Crippen molar-refractivity contribution in [3.05, 3.63) is 58.6 Å². The fraction of sp³-hybridized carbons (Fsp3) is 0.222. The van der Waals surface area contributed by atoms with E-state index in [4.69, 9.17) is 9.47 Å². The number of anilines is 1. The molecule has 2 aromatic rings. The van der Waals surface area contributed by atoms with Gasteiger partial charge >= 0.3 is 5.97 Å². The number of esters is 1. The van der Waals surface area contributed by atoms with Crippen LogP contribution in [-0.2, 0) is 14.3 Å². The molecule has 0 heterocycles. The van der Waals surface area contributed by atoms with Crippen LogP contribution >= 0.6 is 11.8 Å². The van der Waals surface area contributed by atoms with Gasteiger partial charge in [0.25, 0.3) is 11.6 Å². The molecular weight excluding hydrogens is 372 g/mol. The first-order valence-corrected chi connectivity index (χ1v) is 8.90. The van der Waals surface area contributed by atoms with E-state index in [2.05, 4.69) is 5.32 Å². The van der Waals surface area contributed by atoms with E-state index in [0.717, 1.165) is 4.90 Å². The fourth-order valence-electron chi connectivity index (χ4n) is 2.07. The third kappa shape index (κ3) is 6.00. The summed E-state index contributed by atoms with van der Waals surface area (Å²) in [5, 5.41) is 13.3. The number of non-ortho nitro benzene ring substituents is 1. The molecule has 0 unspecified atom stereocenters. The maximum Gasteiger partial charge on any atom is 0.317 e. The SMILES string of the molecule is COc1cc([N+](=O)[O-])ccc1NC(=O)[C@@H](C)OC(=O)CSc1ccccc1. The van der Waals surface area contributed by atoms with Gasteiger partial charge < -0.3 is 14.8 Å². The molecule has 1 atom stereocenters. The zero-order chi connectivity index (χ0) is 19.8. The van der Waals surface area contributed by atoms with Crippen LogP contribution in [0.4, 0.5) is 11.4 Å². The maximum atomic E-state index is 12.2. The smallest absolute Gasteiger partial charge is 0.317 e. The minimum atomic E-state index is -1.03. The standard InChI is InChI=1S/C18H18N2O6S/c1-12(26-17(21)11-27-14-6-4-3-5-7-14)18(22)19-15-9-8-13(20(23)24)10-16(15)25-2/h3-10,12H,11H2,1-2H3,(H,19,22)/t12-/m1/s1. The van der Waals surface area contributed by atoms with E-state index < -0.39 is 22.9 Å². The number of thioether (sulfide) groups is 1. The number of amides is 1. The topological polar surface area (TPSA) is 108 Å². The number of nitro groups is 1. The van der Waals surface area contributed by atoms with Crippen molar-refractivity contribution in [2.45, 2.75) is 17.9 Å². The van der Waals surface area contributed by atoms with Crippen molar-refractivity contribution in [2.24, 2.45) is 0 Å². The highest BCUT2D eigenvalue weighted by atomic mass is 32.2. The number of carbonyl (C=O) groups is 2. The van der Waals surface area contributed by atoms with E-state index in [1.54, 1.807) is 0 Å². The van der Waals surface area contributed by atoms with Crippen LogP contribution in [0.3, 0.4) is 0 Å². The van der Waals surface area contributed by atoms with Gasteiger partial charge in [-0.1, -0.05) is 18.2 Å². The average Bonchev–Trinajstić information content (AvgIpc) is 2.67. The number of methoxy groups -OCH3 is 1. The molecular formula is C18H18N2O6S. The maximum absolute atomic E-state index is 12.2. The first kappa shape index (κ1) is 20.2. The van der Waals surface area contributed by atoms with Crippen molar-refractivity contribution in [2.75, 3.05) is 18.2 Å². The molecule has 0 aromatic heterocycles. The summed E-state index contributed by atoms with van der Waals surface area (Å²) in [5.41, 5.74) is 0.0805. The Kier molecular flexibility index (Phi) is 7.18. The van der Waals surface area contributed by atoms with Gasteiger partial charge in [0.05, 0.1) is 29.5 Å². The number of hydrogen-bond acceptors (Lipinski definition) is 7. The summed E-state index contributed by atoms with van der Waals surface area (Å²) in [6.45, 7) is 1.44. The number of nitrogens with one attached hydrogen (secondary N) is 1. The molecule has 9 heteroatoms. The van der Waals surface area contributed by atoms with Crippen LogP contribution in [0.25, 0.3) is 0 Å². The molecule has 0 spiro atoms. The molecule has 0 saturated carbocycles. The third-order valence-corrected chi connectivity index (χ3v) is 4.42. The first-order chi connectivity index (χ1) is 12.9. The van der Waals surface area contributed by atoms with Crippen LogP contribution in [0.5, 0.6) is 5.75 Å². The molecule has 1 N–H and O–H groups in total. The molecule has 2 aromatic carbocycles. The summed E-state index contributed by atoms with van der Waals surface area (Å²) in [7, 11) is 1.33. The quantitative estimate of drug-likeness (QED) is 0.319. The van der Waals surface area contributed by atoms with Crippen molar-refractivity contribution in [1.82, 2.24) is 0 Å². The van der Waals surface area contributed by atoms with Gasteiger partial charge in [0.1, 0.15) is 5.75 Å². The molecule has 0 bridgehead atoms.